The molecule has 3 amide bonds. The number of carbonyl (C=O) groups excluding carboxylic acids is 4. The van der Waals surface area contributed by atoms with E-state index in [-0.39, 0.29) is 55.2 Å². The van der Waals surface area contributed by atoms with Gasteiger partial charge in [-0.2, -0.15) is 0 Å². The number of piperidine rings is 1. The third-order valence-electron chi connectivity index (χ3n) is 18.4. The van der Waals surface area contributed by atoms with Gasteiger partial charge in [0.1, 0.15) is 18.5 Å². The van der Waals surface area contributed by atoms with Crippen molar-refractivity contribution in [2.24, 2.45) is 17.3 Å². The fraction of sp³-hybridized carbons (Fsp3) is 0.603. The van der Waals surface area contributed by atoms with Crippen molar-refractivity contribution in [2.45, 2.75) is 138 Å². The molecule has 1 unspecified atom stereocenters. The number of nitrogens with zero attached hydrogens (tertiary/aromatic N) is 3. The number of hydrogen-bond donors (Lipinski definition) is 8. The van der Waals surface area contributed by atoms with Crippen LogP contribution >= 0.6 is 21.6 Å². The zero-order chi connectivity index (χ0) is 56.0. The molecule has 1 saturated carbocycles. The summed E-state index contributed by atoms with van der Waals surface area (Å²) in [5, 5.41) is 52.0. The van der Waals surface area contributed by atoms with Gasteiger partial charge < -0.3 is 45.1 Å². The Bertz CT molecular complexity index is 2880. The van der Waals surface area contributed by atoms with Gasteiger partial charge in [-0.3, -0.25) is 34.4 Å². The molecule has 1 aromatic heterocycles. The smallest absolute Gasteiger partial charge is 0.426 e. The average Bonchev–Trinajstić information content (AvgIpc) is 3.71. The molecule has 20 heteroatoms. The lowest BCUT2D eigenvalue weighted by atomic mass is 9.47. The molecular weight excluding hydrogens is 1030 g/mol. The number of likely N-dealkylation sites (N-methyl/N-ethyl adjacent to an activating group) is 1. The number of rotatable bonds is 19. The number of nitrogens with one attached hydrogen (secondary N) is 4. The normalized spacial score (nSPS) is 31.4. The van der Waals surface area contributed by atoms with Gasteiger partial charge in [0, 0.05) is 120 Å². The van der Waals surface area contributed by atoms with E-state index in [0.717, 1.165) is 52.9 Å². The summed E-state index contributed by atoms with van der Waals surface area (Å²) in [5.41, 5.74) is 4.80. The highest BCUT2D eigenvalue weighted by Crippen LogP contribution is 2.67. The number of Topliss-reactive ketones (excluding diaryl/α,β-unsaturated/α-hetero) is 1. The molecule has 2 aromatic carbocycles. The van der Waals surface area contributed by atoms with Crippen molar-refractivity contribution in [3.63, 3.8) is 0 Å². The van der Waals surface area contributed by atoms with Crippen LogP contribution in [0, 0.1) is 29.6 Å². The highest BCUT2D eigenvalue weighted by Gasteiger charge is 2.78. The number of carboxylic acid groups (broad SMARTS) is 1. The first kappa shape index (κ1) is 57.4. The number of terminal acetylenes is 1. The number of methoxy groups -OCH3 is 1. The molecule has 2 bridgehead atoms. The number of fused-ring (bicyclic) bond motifs is 6. The minimum Gasteiger partial charge on any atom is -0.496 e. The van der Waals surface area contributed by atoms with Crippen molar-refractivity contribution in [1.29, 1.82) is 0 Å². The summed E-state index contributed by atoms with van der Waals surface area (Å²) in [5.74, 6) is -0.598. The van der Waals surface area contributed by atoms with Crippen molar-refractivity contribution >= 4 is 67.8 Å². The number of aliphatic hydroxyl groups excluding tert-OH is 1. The number of carboxylic acids is 1. The number of aliphatic hydroxyl groups is 3. The molecule has 6 aliphatic rings. The number of aromatic nitrogens is 1. The quantitative estimate of drug-likeness (QED) is 0.0253. The number of hydrogen-bond acceptors (Lipinski definition) is 15. The average molecular weight is 1110 g/mol. The van der Waals surface area contributed by atoms with Crippen molar-refractivity contribution in [3.8, 4) is 18.1 Å². The molecule has 18 nitrogen and oxygen atoms in total. The van der Waals surface area contributed by atoms with Crippen LogP contribution in [-0.2, 0) is 41.2 Å². The molecule has 5 aliphatic heterocycles. The number of anilines is 1. The van der Waals surface area contributed by atoms with Gasteiger partial charge in [-0.25, -0.2) is 10.2 Å². The number of carbonyl (C=O) groups is 5. The predicted molar refractivity (Wildman–Crippen MR) is 301 cm³/mol. The molecule has 0 radical (unpaired) electrons. The summed E-state index contributed by atoms with van der Waals surface area (Å²) < 4.78 is 11.8. The van der Waals surface area contributed by atoms with Crippen LogP contribution in [0.4, 0.5) is 10.5 Å². The highest BCUT2D eigenvalue weighted by atomic mass is 33.1. The van der Waals surface area contributed by atoms with Gasteiger partial charge in [0.15, 0.2) is 11.4 Å². The number of H-pyrrole nitrogens is 1. The minimum atomic E-state index is -2.50. The Labute approximate surface area is 464 Å². The standard InChI is InChI=1S/C58H77N7O11S2/c1-8-15-42(59-46(67)16-9-2)44(66)27-36(48(68)69)33-78-77-26-25-76-53(72)62-61-52(71)58(74)50-57(21-24-65-22-14-20-56(11-4,49(57)65)51(58)70)39-28-40(45(75-7)29-43(39)63(50)6)54(5)30-35-31-55(73,10-3)34-64(32-35)23-19-38-37-17-12-13-18-41(37)60-47(38)54/h1,12-14,17-18,20,28-29,35-36,42,49-51,60,70,73-74H,9-11,15-16,19,21-27,30-34H2,2-7H3,(H,59,67)(H,61,71)(H,62,72)(H,68,69)/t35-,36+,42-,49-,50+,51+,54+,55-,56+,57+,58-/m0/s1. The molecule has 422 valence electrons. The number of ether oxygens (including phenoxy) is 2. The van der Waals surface area contributed by atoms with E-state index in [1.165, 1.54) is 27.2 Å². The van der Waals surface area contributed by atoms with E-state index in [1.54, 1.807) is 7.11 Å². The number of hydrazine groups is 1. The van der Waals surface area contributed by atoms with Gasteiger partial charge in [0.05, 0.1) is 30.7 Å². The molecule has 3 fully saturated rings. The van der Waals surface area contributed by atoms with E-state index in [2.05, 4.69) is 75.0 Å². The minimum absolute atomic E-state index is 0.0522. The van der Waals surface area contributed by atoms with Gasteiger partial charge in [-0.05, 0) is 87.6 Å². The van der Waals surface area contributed by atoms with Gasteiger partial charge in [-0.15, -0.1) is 12.3 Å². The fourth-order valence-corrected chi connectivity index (χ4v) is 17.1. The van der Waals surface area contributed by atoms with Crippen molar-refractivity contribution in [2.75, 3.05) is 69.9 Å². The zero-order valence-electron chi connectivity index (χ0n) is 45.7. The summed E-state index contributed by atoms with van der Waals surface area (Å²) in [4.78, 5) is 76.2. The maximum Gasteiger partial charge on any atom is 0.426 e. The molecule has 8 N–H and O–H groups in total. The SMILES string of the molecule is C#CC[C@H](NC(=O)CCC)C(=O)C[C@H](CSSCCOC(=O)NNC(=O)[C@@]1(O)[C@H](O)[C@]2(CC)C=CCN3CC[C@@]4(c5cc([C@@]6(C)C[C@@H]7CN(CCc8c6[nH]c6ccccc86)C[C@](O)(CC)C7)c(OC)cc5N(C)[C@@H]14)[C@@H]32)C(=O)O. The van der Waals surface area contributed by atoms with E-state index >= 15 is 4.79 Å². The Balaban J connectivity index is 0.968. The monoisotopic (exact) mass is 1110 g/mol. The van der Waals surface area contributed by atoms with E-state index in [1.807, 2.05) is 50.1 Å². The number of para-hydroxylation sites is 1. The molecule has 6 heterocycles. The largest absolute Gasteiger partial charge is 0.496 e. The number of benzene rings is 2. The number of amides is 3. The van der Waals surface area contributed by atoms with Crippen molar-refractivity contribution in [1.82, 2.24) is 31.0 Å². The summed E-state index contributed by atoms with van der Waals surface area (Å²) >= 11 is 0. The van der Waals surface area contributed by atoms with Gasteiger partial charge >= 0.3 is 12.1 Å². The van der Waals surface area contributed by atoms with E-state index in [4.69, 9.17) is 15.9 Å². The second kappa shape index (κ2) is 22.7. The Kier molecular flexibility index (Phi) is 16.7. The lowest BCUT2D eigenvalue weighted by Crippen LogP contribution is -2.82. The lowest BCUT2D eigenvalue weighted by molar-refractivity contribution is -0.204. The molecular formula is C58H77N7O11S2. The first-order chi connectivity index (χ1) is 37.3. The van der Waals surface area contributed by atoms with E-state index in [0.29, 0.717) is 63.9 Å². The van der Waals surface area contributed by atoms with Crippen LogP contribution < -0.4 is 25.8 Å². The molecule has 1 spiro atoms. The maximum atomic E-state index is 15.0. The van der Waals surface area contributed by atoms with E-state index in [9.17, 15) is 39.6 Å². The number of aromatic amines is 1. The Hall–Kier alpha value is -5.27. The summed E-state index contributed by atoms with van der Waals surface area (Å²) in [6, 6.07) is 10.4. The van der Waals surface area contributed by atoms with Crippen LogP contribution in [0.15, 0.2) is 48.6 Å². The Morgan fingerprint density at radius 1 is 1.01 bits per heavy atom. The molecule has 9 rings (SSSR count). The van der Waals surface area contributed by atoms with E-state index < -0.39 is 75.3 Å². The van der Waals surface area contributed by atoms with Gasteiger partial charge in [0.25, 0.3) is 5.91 Å². The predicted octanol–water partition coefficient (Wildman–Crippen LogP) is 5.20. The second-order valence-corrected chi connectivity index (χ2v) is 25.5. The molecule has 78 heavy (non-hydrogen) atoms. The van der Waals surface area contributed by atoms with Crippen LogP contribution in [0.25, 0.3) is 10.9 Å². The summed E-state index contributed by atoms with van der Waals surface area (Å²) in [6.07, 6.45) is 10.9. The topological polar surface area (TPSA) is 246 Å². The fourth-order valence-electron chi connectivity index (χ4n) is 15.0. The maximum absolute atomic E-state index is 15.0. The first-order valence-corrected chi connectivity index (χ1v) is 30.1. The number of aliphatic carboxylic acids is 1. The number of ketones is 1. The van der Waals surface area contributed by atoms with Crippen LogP contribution in [0.5, 0.6) is 5.75 Å². The zero-order valence-corrected chi connectivity index (χ0v) is 47.3. The van der Waals surface area contributed by atoms with Crippen molar-refractivity contribution < 1.29 is 53.9 Å². The first-order valence-electron chi connectivity index (χ1n) is 27.6. The molecule has 12 atom stereocenters. The highest BCUT2D eigenvalue weighted by molar-refractivity contribution is 8.76. The van der Waals surface area contributed by atoms with Crippen LogP contribution in [0.1, 0.15) is 108 Å². The van der Waals surface area contributed by atoms with Gasteiger partial charge in [-0.1, -0.05) is 72.7 Å². The summed E-state index contributed by atoms with van der Waals surface area (Å²) in [7, 11) is 5.93. The van der Waals surface area contributed by atoms with Crippen LogP contribution in [0.2, 0.25) is 0 Å². The second-order valence-electron chi connectivity index (χ2n) is 22.9. The Morgan fingerprint density at radius 2 is 1.79 bits per heavy atom. The van der Waals surface area contributed by atoms with Crippen LogP contribution in [0.3, 0.4) is 0 Å². The third-order valence-corrected chi connectivity index (χ3v) is 20.8. The van der Waals surface area contributed by atoms with Crippen molar-refractivity contribution in [3.05, 3.63) is 70.9 Å². The van der Waals surface area contributed by atoms with Gasteiger partial charge in [0.2, 0.25) is 5.91 Å². The molecule has 1 aliphatic carbocycles. The third kappa shape index (κ3) is 9.86. The lowest BCUT2D eigenvalue weighted by Gasteiger charge is -2.63. The molecule has 2 saturated heterocycles. The molecule has 3 aromatic rings. The Morgan fingerprint density at radius 3 is 2.51 bits per heavy atom. The van der Waals surface area contributed by atoms with Crippen LogP contribution in [-0.4, -0.2) is 165 Å². The summed E-state index contributed by atoms with van der Waals surface area (Å²) in [6.45, 7) is 11.6.